The van der Waals surface area contributed by atoms with Gasteiger partial charge in [0, 0.05) is 37.6 Å². The Kier molecular flexibility index (Phi) is 7.00. The Labute approximate surface area is 165 Å². The van der Waals surface area contributed by atoms with Crippen LogP contribution in [0.5, 0.6) is 0 Å². The van der Waals surface area contributed by atoms with E-state index in [1.54, 1.807) is 17.3 Å². The second-order valence-electron chi connectivity index (χ2n) is 7.26. The van der Waals surface area contributed by atoms with Gasteiger partial charge < -0.3 is 15.0 Å². The number of anilines is 1. The molecule has 3 rings (SSSR count). The zero-order valence-corrected chi connectivity index (χ0v) is 16.2. The predicted octanol–water partition coefficient (Wildman–Crippen LogP) is 3.78. The van der Waals surface area contributed by atoms with E-state index < -0.39 is 0 Å². The highest BCUT2D eigenvalue weighted by molar-refractivity contribution is 5.94. The highest BCUT2D eigenvalue weighted by Crippen LogP contribution is 2.30. The van der Waals surface area contributed by atoms with E-state index in [4.69, 9.17) is 4.74 Å². The number of ether oxygens (including phenoxy) is 1. The van der Waals surface area contributed by atoms with Crippen molar-refractivity contribution in [1.29, 1.82) is 0 Å². The number of aromatic nitrogens is 1. The number of pyridine rings is 1. The van der Waals surface area contributed by atoms with Crippen LogP contribution in [-0.4, -0.2) is 30.6 Å². The van der Waals surface area contributed by atoms with Crippen molar-refractivity contribution < 1.29 is 14.3 Å². The minimum absolute atomic E-state index is 0.0412. The molecule has 2 aromatic rings. The fraction of sp³-hybridized carbons (Fsp3) is 0.409. The van der Waals surface area contributed by atoms with Crippen LogP contribution in [0.25, 0.3) is 0 Å². The topological polar surface area (TPSA) is 71.5 Å². The quantitative estimate of drug-likeness (QED) is 0.827. The van der Waals surface area contributed by atoms with Gasteiger partial charge in [0.05, 0.1) is 0 Å². The Hall–Kier alpha value is -2.89. The minimum Gasteiger partial charge on any atom is -0.445 e. The van der Waals surface area contributed by atoms with Crippen molar-refractivity contribution in [2.24, 2.45) is 11.8 Å². The van der Waals surface area contributed by atoms with Crippen molar-refractivity contribution in [1.82, 2.24) is 10.3 Å². The van der Waals surface area contributed by atoms with Gasteiger partial charge in [0.2, 0.25) is 5.91 Å². The first-order valence-corrected chi connectivity index (χ1v) is 9.75. The number of benzene rings is 1. The van der Waals surface area contributed by atoms with Crippen LogP contribution < -0.4 is 10.2 Å². The number of carbonyl (C=O) groups excluding carboxylic acids is 2. The van der Waals surface area contributed by atoms with Crippen LogP contribution in [0, 0.1) is 11.8 Å². The number of amides is 2. The highest BCUT2D eigenvalue weighted by Gasteiger charge is 2.28. The number of hydrogen-bond donors (Lipinski definition) is 1. The molecule has 2 amide bonds. The standard InChI is InChI=1S/C22H27N3O3/c1-25(20-11-13-23-14-12-20)21(26)19-9-7-17(8-10-19)15-24-22(27)28-16-18-5-3-2-4-6-18/h2-6,11-14,17,19H,7-10,15-16H2,1H3,(H,24,27)/t17-,19-. The molecule has 1 N–H and O–H groups in total. The molecule has 0 aliphatic heterocycles. The predicted molar refractivity (Wildman–Crippen MR) is 108 cm³/mol. The van der Waals surface area contributed by atoms with E-state index in [9.17, 15) is 9.59 Å². The van der Waals surface area contributed by atoms with E-state index in [0.29, 0.717) is 12.5 Å². The number of carbonyl (C=O) groups is 2. The van der Waals surface area contributed by atoms with Gasteiger partial charge in [-0.2, -0.15) is 0 Å². The van der Waals surface area contributed by atoms with Gasteiger partial charge >= 0.3 is 6.09 Å². The summed E-state index contributed by atoms with van der Waals surface area (Å²) in [5.74, 6) is 0.582. The molecule has 6 heteroatoms. The summed E-state index contributed by atoms with van der Waals surface area (Å²) in [6, 6.07) is 13.3. The van der Waals surface area contributed by atoms with E-state index in [0.717, 1.165) is 36.9 Å². The molecular weight excluding hydrogens is 354 g/mol. The lowest BCUT2D eigenvalue weighted by Crippen LogP contribution is -2.37. The lowest BCUT2D eigenvalue weighted by molar-refractivity contribution is -0.123. The number of hydrogen-bond acceptors (Lipinski definition) is 4. The maximum atomic E-state index is 12.7. The molecule has 1 saturated carbocycles. The van der Waals surface area contributed by atoms with Crippen LogP contribution >= 0.6 is 0 Å². The average Bonchev–Trinajstić information content (AvgIpc) is 2.77. The number of alkyl carbamates (subject to hydrolysis) is 1. The lowest BCUT2D eigenvalue weighted by Gasteiger charge is -2.30. The van der Waals surface area contributed by atoms with Crippen LogP contribution in [0.1, 0.15) is 31.2 Å². The molecule has 28 heavy (non-hydrogen) atoms. The van der Waals surface area contributed by atoms with Crippen molar-refractivity contribution in [2.45, 2.75) is 32.3 Å². The Morgan fingerprint density at radius 1 is 1.07 bits per heavy atom. The zero-order chi connectivity index (χ0) is 19.8. The highest BCUT2D eigenvalue weighted by atomic mass is 16.5. The normalized spacial score (nSPS) is 18.9. The maximum absolute atomic E-state index is 12.7. The first kappa shape index (κ1) is 19.9. The molecule has 1 aliphatic rings. The molecule has 1 fully saturated rings. The summed E-state index contributed by atoms with van der Waals surface area (Å²) in [4.78, 5) is 30.3. The first-order valence-electron chi connectivity index (χ1n) is 9.75. The Balaban J connectivity index is 1.37. The largest absolute Gasteiger partial charge is 0.445 e. The molecule has 148 valence electrons. The summed E-state index contributed by atoms with van der Waals surface area (Å²) in [5, 5.41) is 2.85. The summed E-state index contributed by atoms with van der Waals surface area (Å²) >= 11 is 0. The maximum Gasteiger partial charge on any atom is 0.407 e. The molecule has 0 saturated heterocycles. The SMILES string of the molecule is CN(c1ccncc1)C(=O)[C@H]1CC[C@H](CNC(=O)OCc2ccccc2)CC1. The molecule has 0 unspecified atom stereocenters. The van der Waals surface area contributed by atoms with Gasteiger partial charge in [-0.05, 0) is 49.3 Å². The van der Waals surface area contributed by atoms with E-state index in [1.165, 1.54) is 0 Å². The average molecular weight is 381 g/mol. The Bertz CT molecular complexity index is 759. The number of nitrogens with one attached hydrogen (secondary N) is 1. The molecule has 0 spiro atoms. The second kappa shape index (κ2) is 9.88. The van der Waals surface area contributed by atoms with Crippen molar-refractivity contribution >= 4 is 17.7 Å². The van der Waals surface area contributed by atoms with Crippen LogP contribution in [-0.2, 0) is 16.1 Å². The lowest BCUT2D eigenvalue weighted by atomic mass is 9.81. The molecule has 0 radical (unpaired) electrons. The van der Waals surface area contributed by atoms with Gasteiger partial charge in [-0.3, -0.25) is 9.78 Å². The van der Waals surface area contributed by atoms with Crippen molar-refractivity contribution in [3.05, 3.63) is 60.4 Å². The van der Waals surface area contributed by atoms with Crippen LogP contribution in [0.3, 0.4) is 0 Å². The third kappa shape index (κ3) is 5.55. The Morgan fingerprint density at radius 3 is 2.43 bits per heavy atom. The molecule has 1 aliphatic carbocycles. The smallest absolute Gasteiger partial charge is 0.407 e. The van der Waals surface area contributed by atoms with E-state index >= 15 is 0 Å². The summed E-state index contributed by atoms with van der Waals surface area (Å²) in [6.07, 6.45) is 6.55. The van der Waals surface area contributed by atoms with E-state index in [-0.39, 0.29) is 24.5 Å². The van der Waals surface area contributed by atoms with Crippen molar-refractivity contribution in [2.75, 3.05) is 18.5 Å². The van der Waals surface area contributed by atoms with E-state index in [2.05, 4.69) is 10.3 Å². The summed E-state index contributed by atoms with van der Waals surface area (Å²) in [7, 11) is 1.81. The third-order valence-electron chi connectivity index (χ3n) is 5.32. The zero-order valence-electron chi connectivity index (χ0n) is 16.2. The van der Waals surface area contributed by atoms with Crippen molar-refractivity contribution in [3.63, 3.8) is 0 Å². The molecule has 1 aromatic carbocycles. The third-order valence-corrected chi connectivity index (χ3v) is 5.32. The fourth-order valence-electron chi connectivity index (χ4n) is 3.58. The van der Waals surface area contributed by atoms with Gasteiger partial charge in [0.25, 0.3) is 0 Å². The summed E-state index contributed by atoms with van der Waals surface area (Å²) < 4.78 is 5.24. The molecule has 1 heterocycles. The van der Waals surface area contributed by atoms with Crippen LogP contribution in [0.15, 0.2) is 54.9 Å². The van der Waals surface area contributed by atoms with Crippen LogP contribution in [0.4, 0.5) is 10.5 Å². The van der Waals surface area contributed by atoms with Gasteiger partial charge in [-0.1, -0.05) is 30.3 Å². The van der Waals surface area contributed by atoms with Crippen molar-refractivity contribution in [3.8, 4) is 0 Å². The molecular formula is C22H27N3O3. The molecule has 6 nitrogen and oxygen atoms in total. The van der Waals surface area contributed by atoms with Crippen LogP contribution in [0.2, 0.25) is 0 Å². The summed E-state index contributed by atoms with van der Waals surface area (Å²) in [5.41, 5.74) is 1.83. The van der Waals surface area contributed by atoms with Gasteiger partial charge in [0.15, 0.2) is 0 Å². The molecule has 0 bridgehead atoms. The molecule has 1 aromatic heterocycles. The van der Waals surface area contributed by atoms with Gasteiger partial charge in [-0.15, -0.1) is 0 Å². The monoisotopic (exact) mass is 381 g/mol. The Morgan fingerprint density at radius 2 is 1.75 bits per heavy atom. The first-order chi connectivity index (χ1) is 13.6. The number of nitrogens with zero attached hydrogens (tertiary/aromatic N) is 2. The number of rotatable bonds is 6. The second-order valence-corrected chi connectivity index (χ2v) is 7.26. The fourth-order valence-corrected chi connectivity index (χ4v) is 3.58. The minimum atomic E-state index is -0.389. The van der Waals surface area contributed by atoms with Gasteiger partial charge in [0.1, 0.15) is 6.61 Å². The summed E-state index contributed by atoms with van der Waals surface area (Å²) in [6.45, 7) is 0.865. The molecule has 0 atom stereocenters. The van der Waals surface area contributed by atoms with Gasteiger partial charge in [-0.25, -0.2) is 4.79 Å². The van der Waals surface area contributed by atoms with E-state index in [1.807, 2.05) is 49.5 Å².